The summed E-state index contributed by atoms with van der Waals surface area (Å²) in [6.45, 7) is 5.79. The summed E-state index contributed by atoms with van der Waals surface area (Å²) in [6, 6.07) is -0.299. The summed E-state index contributed by atoms with van der Waals surface area (Å²) in [7, 11) is 0. The maximum absolute atomic E-state index is 11.0. The zero-order valence-corrected chi connectivity index (χ0v) is 10.1. The topological polar surface area (TPSA) is 40.5 Å². The lowest BCUT2D eigenvalue weighted by Crippen LogP contribution is -2.41. The van der Waals surface area contributed by atoms with Crippen LogP contribution in [-0.2, 0) is 4.79 Å². The summed E-state index contributed by atoms with van der Waals surface area (Å²) < 4.78 is 0. The Bertz CT molecular complexity index is 164. The van der Waals surface area contributed by atoms with Gasteiger partial charge in [0.1, 0.15) is 6.04 Å². The average molecular weight is 219 g/mol. The van der Waals surface area contributed by atoms with E-state index in [4.69, 9.17) is 5.11 Å². The Morgan fingerprint density at radius 1 is 1.50 bits per heavy atom. The molecule has 0 spiro atoms. The number of nitrogens with zero attached hydrogens (tertiary/aromatic N) is 1. The summed E-state index contributed by atoms with van der Waals surface area (Å²) in [5.41, 5.74) is 0. The molecule has 3 nitrogen and oxygen atoms in total. The first-order valence-electron chi connectivity index (χ1n) is 5.13. The van der Waals surface area contributed by atoms with Crippen molar-refractivity contribution in [3.63, 3.8) is 0 Å². The first-order chi connectivity index (χ1) is 6.67. The summed E-state index contributed by atoms with van der Waals surface area (Å²) in [6.07, 6.45) is 3.76. The van der Waals surface area contributed by atoms with Crippen molar-refractivity contribution < 1.29 is 9.90 Å². The minimum absolute atomic E-state index is 0.299. The van der Waals surface area contributed by atoms with Crippen LogP contribution in [0.25, 0.3) is 0 Å². The van der Waals surface area contributed by atoms with Crippen molar-refractivity contribution in [1.82, 2.24) is 4.90 Å². The fourth-order valence-corrected chi connectivity index (χ4v) is 1.97. The molecule has 0 aliphatic carbocycles. The van der Waals surface area contributed by atoms with Gasteiger partial charge in [0.2, 0.25) is 0 Å². The van der Waals surface area contributed by atoms with E-state index < -0.39 is 5.97 Å². The normalized spacial score (nSPS) is 13.1. The van der Waals surface area contributed by atoms with Gasteiger partial charge in [0, 0.05) is 0 Å². The SMILES string of the molecule is CCCN(CC)[C@@H](CCSC)C(=O)O. The van der Waals surface area contributed by atoms with E-state index in [0.717, 1.165) is 31.7 Å². The Hall–Kier alpha value is -0.220. The molecule has 0 aromatic heterocycles. The van der Waals surface area contributed by atoms with Crippen molar-refractivity contribution in [1.29, 1.82) is 0 Å². The summed E-state index contributed by atoms with van der Waals surface area (Å²) in [4.78, 5) is 13.1. The molecule has 0 unspecified atom stereocenters. The molecule has 0 aliphatic heterocycles. The van der Waals surface area contributed by atoms with Gasteiger partial charge in [-0.05, 0) is 37.9 Å². The molecule has 14 heavy (non-hydrogen) atoms. The predicted molar refractivity (Wildman–Crippen MR) is 62.0 cm³/mol. The lowest BCUT2D eigenvalue weighted by Gasteiger charge is -2.26. The molecule has 0 aromatic rings. The average Bonchev–Trinajstić information content (AvgIpc) is 2.16. The van der Waals surface area contributed by atoms with Crippen LogP contribution in [0.2, 0.25) is 0 Å². The minimum Gasteiger partial charge on any atom is -0.480 e. The summed E-state index contributed by atoms with van der Waals surface area (Å²) >= 11 is 1.70. The van der Waals surface area contributed by atoms with Crippen LogP contribution in [0.1, 0.15) is 26.7 Å². The van der Waals surface area contributed by atoms with E-state index in [2.05, 4.69) is 6.92 Å². The molecule has 0 amide bonds. The van der Waals surface area contributed by atoms with Crippen LogP contribution in [0.4, 0.5) is 0 Å². The zero-order valence-electron chi connectivity index (χ0n) is 9.32. The maximum atomic E-state index is 11.0. The molecule has 0 heterocycles. The number of aliphatic carboxylic acids is 1. The highest BCUT2D eigenvalue weighted by molar-refractivity contribution is 7.98. The number of hydrogen-bond donors (Lipinski definition) is 1. The monoisotopic (exact) mass is 219 g/mol. The Morgan fingerprint density at radius 3 is 2.50 bits per heavy atom. The molecule has 0 radical (unpaired) electrons. The summed E-state index contributed by atoms with van der Waals surface area (Å²) in [5, 5.41) is 9.08. The predicted octanol–water partition coefficient (Wildman–Crippen LogP) is 1.92. The van der Waals surface area contributed by atoms with Crippen molar-refractivity contribution in [2.24, 2.45) is 0 Å². The van der Waals surface area contributed by atoms with Gasteiger partial charge in [0.25, 0.3) is 0 Å². The maximum Gasteiger partial charge on any atom is 0.320 e. The lowest BCUT2D eigenvalue weighted by atomic mass is 10.2. The van der Waals surface area contributed by atoms with Gasteiger partial charge in [-0.15, -0.1) is 0 Å². The third kappa shape index (κ3) is 4.86. The zero-order chi connectivity index (χ0) is 11.0. The highest BCUT2D eigenvalue weighted by Gasteiger charge is 2.22. The molecule has 4 heteroatoms. The molecular formula is C10H21NO2S. The smallest absolute Gasteiger partial charge is 0.320 e. The Morgan fingerprint density at radius 2 is 2.14 bits per heavy atom. The number of carboxylic acids is 1. The standard InChI is InChI=1S/C10H21NO2S/c1-4-7-11(5-2)9(10(12)13)6-8-14-3/h9H,4-8H2,1-3H3,(H,12,13)/t9-/m0/s1. The van der Waals surface area contributed by atoms with Crippen molar-refractivity contribution in [2.45, 2.75) is 32.7 Å². The number of hydrogen-bond acceptors (Lipinski definition) is 3. The van der Waals surface area contributed by atoms with Crippen LogP contribution in [-0.4, -0.2) is 47.1 Å². The quantitative estimate of drug-likeness (QED) is 0.677. The van der Waals surface area contributed by atoms with E-state index >= 15 is 0 Å². The van der Waals surface area contributed by atoms with Crippen LogP contribution in [0.3, 0.4) is 0 Å². The van der Waals surface area contributed by atoms with Gasteiger partial charge in [0.15, 0.2) is 0 Å². The third-order valence-electron chi connectivity index (χ3n) is 2.24. The van der Waals surface area contributed by atoms with Gasteiger partial charge in [-0.25, -0.2) is 0 Å². The fourth-order valence-electron chi connectivity index (χ4n) is 1.51. The van der Waals surface area contributed by atoms with Crippen LogP contribution >= 0.6 is 11.8 Å². The Labute approximate surface area is 90.9 Å². The van der Waals surface area contributed by atoms with Gasteiger partial charge >= 0.3 is 5.97 Å². The highest BCUT2D eigenvalue weighted by atomic mass is 32.2. The van der Waals surface area contributed by atoms with E-state index in [9.17, 15) is 4.79 Å². The second-order valence-corrected chi connectivity index (χ2v) is 4.25. The molecule has 0 aromatic carbocycles. The molecule has 84 valence electrons. The van der Waals surface area contributed by atoms with Crippen LogP contribution in [0, 0.1) is 0 Å². The van der Waals surface area contributed by atoms with Gasteiger partial charge in [-0.1, -0.05) is 13.8 Å². The molecule has 0 fully saturated rings. The molecule has 1 N–H and O–H groups in total. The second-order valence-electron chi connectivity index (χ2n) is 3.26. The van der Waals surface area contributed by atoms with Gasteiger partial charge in [-0.2, -0.15) is 11.8 Å². The van der Waals surface area contributed by atoms with Crippen LogP contribution in [0.15, 0.2) is 0 Å². The molecule has 0 saturated carbocycles. The van der Waals surface area contributed by atoms with E-state index in [1.54, 1.807) is 11.8 Å². The van der Waals surface area contributed by atoms with Crippen molar-refractivity contribution >= 4 is 17.7 Å². The number of carbonyl (C=O) groups is 1. The first-order valence-corrected chi connectivity index (χ1v) is 6.52. The van der Waals surface area contributed by atoms with E-state index in [1.807, 2.05) is 18.1 Å². The lowest BCUT2D eigenvalue weighted by molar-refractivity contribution is -0.143. The molecule has 0 bridgehead atoms. The number of rotatable bonds is 8. The van der Waals surface area contributed by atoms with Crippen molar-refractivity contribution in [3.8, 4) is 0 Å². The molecule has 1 atom stereocenters. The van der Waals surface area contributed by atoms with E-state index in [-0.39, 0.29) is 6.04 Å². The third-order valence-corrected chi connectivity index (χ3v) is 2.88. The largest absolute Gasteiger partial charge is 0.480 e. The minimum atomic E-state index is -0.686. The Balaban J connectivity index is 4.20. The van der Waals surface area contributed by atoms with E-state index in [1.165, 1.54) is 0 Å². The van der Waals surface area contributed by atoms with Crippen LogP contribution < -0.4 is 0 Å². The molecule has 0 aliphatic rings. The Kier molecular flexibility index (Phi) is 7.99. The van der Waals surface area contributed by atoms with Crippen molar-refractivity contribution in [2.75, 3.05) is 25.1 Å². The fraction of sp³-hybridized carbons (Fsp3) is 0.900. The van der Waals surface area contributed by atoms with Crippen molar-refractivity contribution in [3.05, 3.63) is 0 Å². The van der Waals surface area contributed by atoms with Gasteiger partial charge in [-0.3, -0.25) is 9.69 Å². The first kappa shape index (κ1) is 13.8. The second kappa shape index (κ2) is 8.12. The highest BCUT2D eigenvalue weighted by Crippen LogP contribution is 2.09. The molecule has 0 saturated heterocycles. The number of likely N-dealkylation sites (N-methyl/N-ethyl adjacent to an activating group) is 1. The van der Waals surface area contributed by atoms with Gasteiger partial charge < -0.3 is 5.11 Å². The molecular weight excluding hydrogens is 198 g/mol. The van der Waals surface area contributed by atoms with Gasteiger partial charge in [0.05, 0.1) is 0 Å². The van der Waals surface area contributed by atoms with Crippen LogP contribution in [0.5, 0.6) is 0 Å². The van der Waals surface area contributed by atoms with E-state index in [0.29, 0.717) is 0 Å². The molecule has 0 rings (SSSR count). The number of thioether (sulfide) groups is 1. The number of carboxylic acid groups (broad SMARTS) is 1. The summed E-state index contributed by atoms with van der Waals surface area (Å²) in [5.74, 6) is 0.228.